The summed E-state index contributed by atoms with van der Waals surface area (Å²) in [6, 6.07) is 74.8. The van der Waals surface area contributed by atoms with Gasteiger partial charge in [-0.2, -0.15) is 0 Å². The van der Waals surface area contributed by atoms with Crippen LogP contribution in [0, 0.1) is 0 Å². The SMILES string of the molecule is c1ccc(-c2ccc(N(c3ccccc3)c3ccc4c5ccc(-c6ccc7ccccc7c6)cc5n(-c5ccc6ccccc6c5)c4c3)cc2)cc1. The van der Waals surface area contributed by atoms with Crippen molar-refractivity contribution in [2.75, 3.05) is 4.90 Å². The molecule has 0 unspecified atom stereocenters. The van der Waals surface area contributed by atoms with Gasteiger partial charge in [-0.3, -0.25) is 0 Å². The molecular formula is C50H34N2. The monoisotopic (exact) mass is 662 g/mol. The number of anilines is 3. The second kappa shape index (κ2) is 12.5. The summed E-state index contributed by atoms with van der Waals surface area (Å²) in [6.45, 7) is 0. The second-order valence-corrected chi connectivity index (χ2v) is 13.4. The minimum Gasteiger partial charge on any atom is -0.310 e. The zero-order valence-corrected chi connectivity index (χ0v) is 28.5. The van der Waals surface area contributed by atoms with Gasteiger partial charge in [0.1, 0.15) is 0 Å². The van der Waals surface area contributed by atoms with Crippen molar-refractivity contribution >= 4 is 60.4 Å². The van der Waals surface area contributed by atoms with Gasteiger partial charge in [-0.1, -0.05) is 146 Å². The molecule has 10 rings (SSSR count). The van der Waals surface area contributed by atoms with Crippen LogP contribution < -0.4 is 4.90 Å². The van der Waals surface area contributed by atoms with Crippen molar-refractivity contribution in [1.29, 1.82) is 0 Å². The van der Waals surface area contributed by atoms with Gasteiger partial charge in [0.15, 0.2) is 0 Å². The summed E-state index contributed by atoms with van der Waals surface area (Å²) in [7, 11) is 0. The van der Waals surface area contributed by atoms with Gasteiger partial charge in [-0.05, 0) is 104 Å². The summed E-state index contributed by atoms with van der Waals surface area (Å²) < 4.78 is 2.45. The van der Waals surface area contributed by atoms with E-state index in [2.05, 4.69) is 216 Å². The molecule has 244 valence electrons. The average Bonchev–Trinajstić information content (AvgIpc) is 3.54. The molecule has 1 aromatic heterocycles. The molecule has 0 bridgehead atoms. The van der Waals surface area contributed by atoms with Gasteiger partial charge < -0.3 is 9.47 Å². The minimum atomic E-state index is 1.10. The van der Waals surface area contributed by atoms with Gasteiger partial charge >= 0.3 is 0 Å². The number of benzene rings is 9. The zero-order chi connectivity index (χ0) is 34.4. The van der Waals surface area contributed by atoms with E-state index < -0.39 is 0 Å². The largest absolute Gasteiger partial charge is 0.310 e. The van der Waals surface area contributed by atoms with Crippen LogP contribution in [0.2, 0.25) is 0 Å². The number of para-hydroxylation sites is 1. The van der Waals surface area contributed by atoms with Gasteiger partial charge in [0.05, 0.1) is 11.0 Å². The van der Waals surface area contributed by atoms with Crippen molar-refractivity contribution < 1.29 is 0 Å². The molecule has 52 heavy (non-hydrogen) atoms. The van der Waals surface area contributed by atoms with E-state index in [0.29, 0.717) is 0 Å². The number of hydrogen-bond acceptors (Lipinski definition) is 1. The van der Waals surface area contributed by atoms with Crippen LogP contribution in [0.1, 0.15) is 0 Å². The number of rotatable bonds is 6. The van der Waals surface area contributed by atoms with Crippen LogP contribution in [0.25, 0.3) is 71.3 Å². The smallest absolute Gasteiger partial charge is 0.0561 e. The molecule has 10 aromatic rings. The van der Waals surface area contributed by atoms with E-state index in [1.54, 1.807) is 0 Å². The Hall–Kier alpha value is -6.90. The Morgan fingerprint density at radius 2 is 0.769 bits per heavy atom. The highest BCUT2D eigenvalue weighted by Gasteiger charge is 2.18. The van der Waals surface area contributed by atoms with E-state index in [1.165, 1.54) is 65.6 Å². The lowest BCUT2D eigenvalue weighted by atomic mass is 10.00. The maximum atomic E-state index is 2.45. The Kier molecular flexibility index (Phi) is 7.18. The molecule has 0 N–H and O–H groups in total. The van der Waals surface area contributed by atoms with E-state index in [1.807, 2.05) is 0 Å². The first-order valence-electron chi connectivity index (χ1n) is 17.8. The molecule has 0 amide bonds. The third-order valence-electron chi connectivity index (χ3n) is 10.3. The van der Waals surface area contributed by atoms with Gasteiger partial charge in [-0.15, -0.1) is 0 Å². The van der Waals surface area contributed by atoms with Crippen LogP contribution in [-0.2, 0) is 0 Å². The Morgan fingerprint density at radius 3 is 1.50 bits per heavy atom. The Balaban J connectivity index is 1.19. The number of hydrogen-bond donors (Lipinski definition) is 0. The molecule has 2 heteroatoms. The molecule has 0 aliphatic rings. The molecule has 2 nitrogen and oxygen atoms in total. The van der Waals surface area contributed by atoms with Crippen LogP contribution in [0.5, 0.6) is 0 Å². The molecule has 0 saturated heterocycles. The molecule has 1 heterocycles. The number of aromatic nitrogens is 1. The van der Waals surface area contributed by atoms with Crippen LogP contribution in [0.15, 0.2) is 206 Å². The van der Waals surface area contributed by atoms with Crippen LogP contribution in [-0.4, -0.2) is 4.57 Å². The summed E-state index contributed by atoms with van der Waals surface area (Å²) in [5.74, 6) is 0. The van der Waals surface area contributed by atoms with Crippen molar-refractivity contribution in [3.8, 4) is 27.9 Å². The van der Waals surface area contributed by atoms with Crippen molar-refractivity contribution in [3.05, 3.63) is 206 Å². The summed E-state index contributed by atoms with van der Waals surface area (Å²) >= 11 is 0. The average molecular weight is 663 g/mol. The lowest BCUT2D eigenvalue weighted by molar-refractivity contribution is 1.18. The predicted octanol–water partition coefficient (Wildman–Crippen LogP) is 13.9. The third-order valence-corrected chi connectivity index (χ3v) is 10.3. The Labute approximate surface area is 303 Å². The van der Waals surface area contributed by atoms with E-state index in [4.69, 9.17) is 0 Å². The van der Waals surface area contributed by atoms with Crippen LogP contribution in [0.3, 0.4) is 0 Å². The number of fused-ring (bicyclic) bond motifs is 5. The van der Waals surface area contributed by atoms with Gasteiger partial charge in [0.25, 0.3) is 0 Å². The van der Waals surface area contributed by atoms with Crippen molar-refractivity contribution in [2.24, 2.45) is 0 Å². The van der Waals surface area contributed by atoms with Crippen molar-refractivity contribution in [1.82, 2.24) is 4.57 Å². The minimum absolute atomic E-state index is 1.10. The molecular weight excluding hydrogens is 629 g/mol. The highest BCUT2D eigenvalue weighted by Crippen LogP contribution is 2.41. The summed E-state index contributed by atoms with van der Waals surface area (Å²) in [5, 5.41) is 7.42. The van der Waals surface area contributed by atoms with Gasteiger partial charge in [-0.25, -0.2) is 0 Å². The lowest BCUT2D eigenvalue weighted by Crippen LogP contribution is -2.10. The molecule has 0 fully saturated rings. The Bertz CT molecular complexity index is 2890. The number of nitrogens with zero attached hydrogens (tertiary/aromatic N) is 2. The highest BCUT2D eigenvalue weighted by molar-refractivity contribution is 6.11. The van der Waals surface area contributed by atoms with E-state index in [0.717, 1.165) is 22.7 Å². The first kappa shape index (κ1) is 30.0. The standard InChI is InChI=1S/C50H34N2/c1-3-11-35(12-4-1)38-21-25-44(26-22-38)51(43-17-5-2-6-18-43)46-28-30-48-47-29-24-42(41-20-19-36-13-7-9-15-39(36)31-41)33-49(47)52(50(48)34-46)45-27-23-37-14-8-10-16-40(37)32-45/h1-34H. The maximum absolute atomic E-state index is 2.45. The molecule has 0 spiro atoms. The molecule has 0 aliphatic heterocycles. The topological polar surface area (TPSA) is 8.17 Å². The van der Waals surface area contributed by atoms with Gasteiger partial charge in [0.2, 0.25) is 0 Å². The third kappa shape index (κ3) is 5.21. The first-order valence-corrected chi connectivity index (χ1v) is 17.8. The van der Waals surface area contributed by atoms with Crippen LogP contribution >= 0.6 is 0 Å². The Morgan fingerprint density at radius 1 is 0.288 bits per heavy atom. The van der Waals surface area contributed by atoms with Crippen molar-refractivity contribution in [2.45, 2.75) is 0 Å². The molecule has 0 aliphatic carbocycles. The lowest BCUT2D eigenvalue weighted by Gasteiger charge is -2.26. The molecule has 9 aromatic carbocycles. The van der Waals surface area contributed by atoms with E-state index in [9.17, 15) is 0 Å². The second-order valence-electron chi connectivity index (χ2n) is 13.4. The fraction of sp³-hybridized carbons (Fsp3) is 0. The maximum Gasteiger partial charge on any atom is 0.0561 e. The van der Waals surface area contributed by atoms with E-state index >= 15 is 0 Å². The summed E-state index contributed by atoms with van der Waals surface area (Å²) in [6.07, 6.45) is 0. The summed E-state index contributed by atoms with van der Waals surface area (Å²) in [5.41, 5.74) is 11.6. The van der Waals surface area contributed by atoms with Crippen LogP contribution in [0.4, 0.5) is 17.1 Å². The summed E-state index contributed by atoms with van der Waals surface area (Å²) in [4.78, 5) is 2.36. The van der Waals surface area contributed by atoms with Crippen molar-refractivity contribution in [3.63, 3.8) is 0 Å². The van der Waals surface area contributed by atoms with E-state index in [-0.39, 0.29) is 0 Å². The highest BCUT2D eigenvalue weighted by atomic mass is 15.1. The van der Waals surface area contributed by atoms with Gasteiger partial charge in [0, 0.05) is 33.5 Å². The molecule has 0 saturated carbocycles. The zero-order valence-electron chi connectivity index (χ0n) is 28.5. The predicted molar refractivity (Wildman–Crippen MR) is 221 cm³/mol. The quantitative estimate of drug-likeness (QED) is 0.172. The molecule has 0 atom stereocenters. The normalized spacial score (nSPS) is 11.5. The molecule has 0 radical (unpaired) electrons. The fourth-order valence-corrected chi connectivity index (χ4v) is 7.75. The fourth-order valence-electron chi connectivity index (χ4n) is 7.75. The first-order chi connectivity index (χ1) is 25.8.